The van der Waals surface area contributed by atoms with E-state index in [-0.39, 0.29) is 0 Å². The third kappa shape index (κ3) is 0.811. The summed E-state index contributed by atoms with van der Waals surface area (Å²) >= 11 is 0. The second-order valence-corrected chi connectivity index (χ2v) is 2.81. The summed E-state index contributed by atoms with van der Waals surface area (Å²) in [6.07, 6.45) is 4.56. The number of pyridine rings is 1. The van der Waals surface area contributed by atoms with Crippen LogP contribution in [0.25, 0.3) is 11.1 Å². The van der Waals surface area contributed by atoms with Crippen LogP contribution < -0.4 is 0 Å². The molecule has 1 aromatic heterocycles. The average Bonchev–Trinajstić information content (AvgIpc) is 2.30. The van der Waals surface area contributed by atoms with Gasteiger partial charge in [0.05, 0.1) is 0 Å². The van der Waals surface area contributed by atoms with Crippen LogP contribution in [0.5, 0.6) is 0 Å². The van der Waals surface area contributed by atoms with E-state index >= 15 is 0 Å². The number of allylic oxidation sites excluding steroid dienone is 2. The summed E-state index contributed by atoms with van der Waals surface area (Å²) in [5.41, 5.74) is 4.67. The maximum Gasteiger partial charge on any atom is 0.0349 e. The van der Waals surface area contributed by atoms with Crippen molar-refractivity contribution in [3.63, 3.8) is 0 Å². The molecule has 1 heterocycles. The van der Waals surface area contributed by atoms with Gasteiger partial charge in [0.25, 0.3) is 0 Å². The van der Waals surface area contributed by atoms with Gasteiger partial charge in [0.1, 0.15) is 0 Å². The number of hydrogen-bond acceptors (Lipinski definition) is 1. The van der Waals surface area contributed by atoms with Crippen LogP contribution in [0.3, 0.4) is 0 Å². The van der Waals surface area contributed by atoms with Crippen molar-refractivity contribution in [1.29, 1.82) is 0 Å². The van der Waals surface area contributed by atoms with Gasteiger partial charge < -0.3 is 0 Å². The molecule has 0 bridgehead atoms. The van der Waals surface area contributed by atoms with Gasteiger partial charge in [0, 0.05) is 18.0 Å². The van der Waals surface area contributed by atoms with Crippen molar-refractivity contribution in [3.8, 4) is 0 Å². The van der Waals surface area contributed by atoms with E-state index < -0.39 is 0 Å². The minimum Gasteiger partial charge on any atom is -0.264 e. The van der Waals surface area contributed by atoms with E-state index in [1.807, 2.05) is 12.3 Å². The monoisotopic (exact) mass is 143 g/mol. The van der Waals surface area contributed by atoms with Crippen LogP contribution in [0.15, 0.2) is 31.6 Å². The fourth-order valence-electron chi connectivity index (χ4n) is 1.43. The highest BCUT2D eigenvalue weighted by Crippen LogP contribution is 2.37. The number of hydrogen-bond donors (Lipinski definition) is 0. The molecule has 0 saturated carbocycles. The van der Waals surface area contributed by atoms with Crippen LogP contribution in [0.2, 0.25) is 0 Å². The normalized spacial score (nSPS) is 15.3. The first-order chi connectivity index (χ1) is 5.29. The van der Waals surface area contributed by atoms with E-state index in [1.165, 1.54) is 5.56 Å². The highest BCUT2D eigenvalue weighted by molar-refractivity contribution is 5.90. The number of aromatic nitrogens is 1. The maximum atomic E-state index is 4.04. The molecule has 11 heavy (non-hydrogen) atoms. The number of fused-ring (bicyclic) bond motifs is 1. The predicted molar refractivity (Wildman–Crippen MR) is 46.9 cm³/mol. The van der Waals surface area contributed by atoms with Gasteiger partial charge in [0.2, 0.25) is 0 Å². The van der Waals surface area contributed by atoms with Gasteiger partial charge in [-0.2, -0.15) is 0 Å². The molecule has 1 aromatic rings. The fourth-order valence-corrected chi connectivity index (χ4v) is 1.43. The second-order valence-electron chi connectivity index (χ2n) is 2.81. The molecule has 1 heteroatoms. The lowest BCUT2D eigenvalue weighted by atomic mass is 10.1. The lowest BCUT2D eigenvalue weighted by Gasteiger charge is -1.95. The molecule has 1 aliphatic rings. The zero-order valence-electron chi connectivity index (χ0n) is 6.30. The molecule has 0 spiro atoms. The van der Waals surface area contributed by atoms with Crippen molar-refractivity contribution < 1.29 is 0 Å². The Morgan fingerprint density at radius 1 is 1.18 bits per heavy atom. The van der Waals surface area contributed by atoms with Gasteiger partial charge in [-0.15, -0.1) is 0 Å². The van der Waals surface area contributed by atoms with Gasteiger partial charge in [-0.1, -0.05) is 13.2 Å². The zero-order chi connectivity index (χ0) is 7.84. The molecule has 2 rings (SSSR count). The molecule has 0 saturated heterocycles. The molecule has 0 fully saturated rings. The van der Waals surface area contributed by atoms with E-state index in [9.17, 15) is 0 Å². The molecule has 0 aliphatic heterocycles. The molecule has 0 aromatic carbocycles. The summed E-state index contributed by atoms with van der Waals surface area (Å²) in [6, 6.07) is 2.00. The molecule has 1 aliphatic carbocycles. The van der Waals surface area contributed by atoms with Crippen LogP contribution in [-0.4, -0.2) is 4.98 Å². The van der Waals surface area contributed by atoms with Crippen LogP contribution >= 0.6 is 0 Å². The van der Waals surface area contributed by atoms with Gasteiger partial charge in [-0.05, 0) is 29.2 Å². The third-order valence-corrected chi connectivity index (χ3v) is 2.01. The summed E-state index contributed by atoms with van der Waals surface area (Å²) in [5, 5.41) is 0. The Labute approximate surface area is 66.1 Å². The quantitative estimate of drug-likeness (QED) is 0.543. The van der Waals surface area contributed by atoms with Gasteiger partial charge in [0.15, 0.2) is 0 Å². The molecule has 0 radical (unpaired) electrons. The van der Waals surface area contributed by atoms with Crippen LogP contribution in [0.1, 0.15) is 17.5 Å². The molecule has 54 valence electrons. The largest absolute Gasteiger partial charge is 0.264 e. The Morgan fingerprint density at radius 3 is 2.64 bits per heavy atom. The molecule has 0 amide bonds. The van der Waals surface area contributed by atoms with E-state index in [1.54, 1.807) is 6.20 Å². The average molecular weight is 143 g/mol. The van der Waals surface area contributed by atoms with Gasteiger partial charge in [-0.3, -0.25) is 4.98 Å². The predicted octanol–water partition coefficient (Wildman–Crippen LogP) is 2.51. The first-order valence-corrected chi connectivity index (χ1v) is 3.59. The Balaban J connectivity index is 2.69. The first-order valence-electron chi connectivity index (χ1n) is 3.59. The van der Waals surface area contributed by atoms with Crippen molar-refractivity contribution in [3.05, 3.63) is 42.7 Å². The lowest BCUT2D eigenvalue weighted by Crippen LogP contribution is -1.80. The minimum absolute atomic E-state index is 0.904. The fraction of sp³-hybridized carbons (Fsp3) is 0.100. The van der Waals surface area contributed by atoms with E-state index in [0.29, 0.717) is 0 Å². The van der Waals surface area contributed by atoms with E-state index in [0.717, 1.165) is 23.1 Å². The second kappa shape index (κ2) is 2.06. The molecule has 1 nitrogen and oxygen atoms in total. The van der Waals surface area contributed by atoms with Crippen molar-refractivity contribution in [2.75, 3.05) is 0 Å². The maximum absolute atomic E-state index is 4.04. The summed E-state index contributed by atoms with van der Waals surface area (Å²) in [6.45, 7) is 7.90. The summed E-state index contributed by atoms with van der Waals surface area (Å²) in [5.74, 6) is 0. The van der Waals surface area contributed by atoms with Crippen molar-refractivity contribution >= 4 is 11.1 Å². The molecule has 0 atom stereocenters. The lowest BCUT2D eigenvalue weighted by molar-refractivity contribution is 1.31. The highest BCUT2D eigenvalue weighted by Gasteiger charge is 2.16. The Morgan fingerprint density at radius 2 is 1.91 bits per heavy atom. The first kappa shape index (κ1) is 6.35. The van der Waals surface area contributed by atoms with Crippen LogP contribution in [-0.2, 0) is 0 Å². The molecule has 0 unspecified atom stereocenters. The third-order valence-electron chi connectivity index (χ3n) is 2.01. The zero-order valence-corrected chi connectivity index (χ0v) is 6.30. The van der Waals surface area contributed by atoms with Gasteiger partial charge >= 0.3 is 0 Å². The number of nitrogens with zero attached hydrogens (tertiary/aromatic N) is 1. The minimum atomic E-state index is 0.904. The molecular formula is C10H9N. The summed E-state index contributed by atoms with van der Waals surface area (Å²) in [4.78, 5) is 4.04. The highest BCUT2D eigenvalue weighted by atomic mass is 14.6. The standard InChI is InChI=1S/C10H9N/c1-7-5-8(2)10-6-11-4-3-9(7)10/h3-4,6H,1-2,5H2. The Hall–Kier alpha value is -1.37. The SMILES string of the molecule is C=C1CC(=C)c2cnccc21. The number of rotatable bonds is 0. The van der Waals surface area contributed by atoms with Crippen molar-refractivity contribution in [2.45, 2.75) is 6.42 Å². The van der Waals surface area contributed by atoms with E-state index in [4.69, 9.17) is 0 Å². The topological polar surface area (TPSA) is 12.9 Å². The van der Waals surface area contributed by atoms with Crippen molar-refractivity contribution in [1.82, 2.24) is 4.98 Å². The Bertz CT molecular complexity index is 303. The summed E-state index contributed by atoms with van der Waals surface area (Å²) in [7, 11) is 0. The molecule has 0 N–H and O–H groups in total. The molecular weight excluding hydrogens is 134 g/mol. The smallest absolute Gasteiger partial charge is 0.0349 e. The Kier molecular flexibility index (Phi) is 1.19. The van der Waals surface area contributed by atoms with Crippen LogP contribution in [0.4, 0.5) is 0 Å². The van der Waals surface area contributed by atoms with E-state index in [2.05, 4.69) is 18.1 Å². The summed E-state index contributed by atoms with van der Waals surface area (Å²) < 4.78 is 0. The van der Waals surface area contributed by atoms with Crippen LogP contribution in [0, 0.1) is 0 Å². The van der Waals surface area contributed by atoms with Crippen molar-refractivity contribution in [2.24, 2.45) is 0 Å². The van der Waals surface area contributed by atoms with Gasteiger partial charge in [-0.25, -0.2) is 0 Å².